The Hall–Kier alpha value is -0.650. The lowest BCUT2D eigenvalue weighted by molar-refractivity contribution is -0.135. The first kappa shape index (κ1) is 18.4. The molecule has 3 N–H and O–H groups in total. The van der Waals surface area contributed by atoms with Crippen LogP contribution in [-0.4, -0.2) is 50.5 Å². The maximum atomic E-state index is 10.2. The molecule has 0 unspecified atom stereocenters. The summed E-state index contributed by atoms with van der Waals surface area (Å²) in [6, 6.07) is 0. The Morgan fingerprint density at radius 1 is 0.947 bits per heavy atom. The summed E-state index contributed by atoms with van der Waals surface area (Å²) in [6.45, 7) is 6.60. The number of likely N-dealkylation sites (N-methyl/N-ethyl adjacent to an activating group) is 1. The maximum absolute atomic E-state index is 10.2. The highest BCUT2D eigenvalue weighted by molar-refractivity contribution is 5.68. The van der Waals surface area contributed by atoms with Gasteiger partial charge in [-0.15, -0.1) is 0 Å². The van der Waals surface area contributed by atoms with Crippen molar-refractivity contribution in [3.05, 3.63) is 0 Å². The molecule has 0 atom stereocenters. The second kappa shape index (κ2) is 15.4. The van der Waals surface area contributed by atoms with Gasteiger partial charge in [0.25, 0.3) is 0 Å². The van der Waals surface area contributed by atoms with Gasteiger partial charge in [-0.3, -0.25) is 4.79 Å². The van der Waals surface area contributed by atoms with Crippen molar-refractivity contribution in [1.29, 1.82) is 0 Å². The van der Waals surface area contributed by atoms with E-state index < -0.39 is 5.97 Å². The molecular weight excluding hydrogens is 244 g/mol. The molecule has 0 fully saturated rings. The molecular formula is C14H30N2O3. The van der Waals surface area contributed by atoms with E-state index in [-0.39, 0.29) is 6.54 Å². The number of aliphatic carboxylic acids is 1. The van der Waals surface area contributed by atoms with E-state index in [0.717, 1.165) is 45.7 Å². The molecule has 0 aliphatic carbocycles. The lowest BCUT2D eigenvalue weighted by atomic mass is 10.1. The van der Waals surface area contributed by atoms with Crippen molar-refractivity contribution in [3.8, 4) is 0 Å². The van der Waals surface area contributed by atoms with Gasteiger partial charge >= 0.3 is 5.97 Å². The fourth-order valence-electron chi connectivity index (χ4n) is 1.78. The van der Waals surface area contributed by atoms with Crippen LogP contribution in [0.1, 0.15) is 45.4 Å². The molecule has 0 saturated carbocycles. The van der Waals surface area contributed by atoms with Gasteiger partial charge in [-0.1, -0.05) is 32.6 Å². The van der Waals surface area contributed by atoms with Crippen molar-refractivity contribution >= 4 is 5.97 Å². The van der Waals surface area contributed by atoms with Gasteiger partial charge in [-0.2, -0.15) is 0 Å². The van der Waals surface area contributed by atoms with Gasteiger partial charge in [0.2, 0.25) is 0 Å². The minimum Gasteiger partial charge on any atom is -0.480 e. The second-order valence-electron chi connectivity index (χ2n) is 4.66. The van der Waals surface area contributed by atoms with Gasteiger partial charge in [0.1, 0.15) is 0 Å². The van der Waals surface area contributed by atoms with Crippen molar-refractivity contribution in [2.24, 2.45) is 0 Å². The summed E-state index contributed by atoms with van der Waals surface area (Å²) < 4.78 is 5.49. The van der Waals surface area contributed by atoms with Gasteiger partial charge in [0.15, 0.2) is 0 Å². The van der Waals surface area contributed by atoms with Gasteiger partial charge in [-0.25, -0.2) is 0 Å². The number of hydrogen-bond acceptors (Lipinski definition) is 4. The summed E-state index contributed by atoms with van der Waals surface area (Å²) in [6.07, 6.45) is 7.08. The molecule has 19 heavy (non-hydrogen) atoms. The Labute approximate surface area is 117 Å². The van der Waals surface area contributed by atoms with Gasteiger partial charge in [0, 0.05) is 13.2 Å². The average Bonchev–Trinajstić information content (AvgIpc) is 2.39. The van der Waals surface area contributed by atoms with E-state index in [1.54, 1.807) is 0 Å². The molecule has 0 aliphatic rings. The van der Waals surface area contributed by atoms with Crippen LogP contribution in [0.4, 0.5) is 0 Å². The van der Waals surface area contributed by atoms with E-state index >= 15 is 0 Å². The van der Waals surface area contributed by atoms with Gasteiger partial charge in [0.05, 0.1) is 13.2 Å². The number of ether oxygens (including phenoxy) is 1. The summed E-state index contributed by atoms with van der Waals surface area (Å²) >= 11 is 0. The Bertz CT molecular complexity index is 201. The van der Waals surface area contributed by atoms with E-state index in [0.29, 0.717) is 0 Å². The third kappa shape index (κ3) is 17.4. The minimum atomic E-state index is -0.783. The third-order valence-electron chi connectivity index (χ3n) is 2.84. The number of rotatable bonds is 15. The van der Waals surface area contributed by atoms with E-state index in [2.05, 4.69) is 17.6 Å². The van der Waals surface area contributed by atoms with Crippen molar-refractivity contribution in [3.63, 3.8) is 0 Å². The number of nitrogens with one attached hydrogen (secondary N) is 2. The third-order valence-corrected chi connectivity index (χ3v) is 2.84. The Morgan fingerprint density at radius 3 is 2.32 bits per heavy atom. The van der Waals surface area contributed by atoms with E-state index in [4.69, 9.17) is 9.84 Å². The Morgan fingerprint density at radius 2 is 1.63 bits per heavy atom. The van der Waals surface area contributed by atoms with Crippen molar-refractivity contribution < 1.29 is 14.6 Å². The summed E-state index contributed by atoms with van der Waals surface area (Å²) in [5.74, 6) is -0.783. The smallest absolute Gasteiger partial charge is 0.317 e. The second-order valence-corrected chi connectivity index (χ2v) is 4.66. The predicted octanol–water partition coefficient (Wildman–Crippen LogP) is 1.63. The lowest BCUT2D eigenvalue weighted by Gasteiger charge is -2.05. The van der Waals surface area contributed by atoms with Crippen molar-refractivity contribution in [1.82, 2.24) is 10.6 Å². The standard InChI is InChI=1S/C14H30N2O3/c1-2-15-10-12-19-11-8-6-4-3-5-7-9-16-13-14(17)18/h15-16H,2-13H2,1H3,(H,17,18). The first-order chi connectivity index (χ1) is 9.27. The summed E-state index contributed by atoms with van der Waals surface area (Å²) in [4.78, 5) is 10.2. The molecule has 0 radical (unpaired) electrons. The highest BCUT2D eigenvalue weighted by Crippen LogP contribution is 2.04. The number of unbranched alkanes of at least 4 members (excludes halogenated alkanes) is 5. The molecule has 5 nitrogen and oxygen atoms in total. The van der Waals surface area contributed by atoms with Crippen LogP contribution in [0.2, 0.25) is 0 Å². The molecule has 0 aliphatic heterocycles. The lowest BCUT2D eigenvalue weighted by Crippen LogP contribution is -2.23. The van der Waals surface area contributed by atoms with Crippen LogP contribution in [0.15, 0.2) is 0 Å². The SMILES string of the molecule is CCNCCOCCCCCCCCNCC(=O)O. The summed E-state index contributed by atoms with van der Waals surface area (Å²) in [5.41, 5.74) is 0. The molecule has 0 aromatic rings. The molecule has 0 spiro atoms. The van der Waals surface area contributed by atoms with Crippen molar-refractivity contribution in [2.75, 3.05) is 39.4 Å². The van der Waals surface area contributed by atoms with E-state index in [1.165, 1.54) is 25.7 Å². The summed E-state index contributed by atoms with van der Waals surface area (Å²) in [7, 11) is 0. The molecule has 0 heterocycles. The largest absolute Gasteiger partial charge is 0.480 e. The molecule has 0 aromatic heterocycles. The van der Waals surface area contributed by atoms with E-state index in [9.17, 15) is 4.79 Å². The fraction of sp³-hybridized carbons (Fsp3) is 0.929. The Balaban J connectivity index is 2.93. The zero-order valence-electron chi connectivity index (χ0n) is 12.2. The number of hydrogen-bond donors (Lipinski definition) is 3. The highest BCUT2D eigenvalue weighted by Gasteiger charge is 1.95. The first-order valence-corrected chi connectivity index (χ1v) is 7.48. The van der Waals surface area contributed by atoms with Crippen LogP contribution >= 0.6 is 0 Å². The van der Waals surface area contributed by atoms with E-state index in [1.807, 2.05) is 0 Å². The molecule has 0 saturated heterocycles. The molecule has 5 heteroatoms. The molecule has 114 valence electrons. The van der Waals surface area contributed by atoms with Gasteiger partial charge in [-0.05, 0) is 25.9 Å². The summed E-state index contributed by atoms with van der Waals surface area (Å²) in [5, 5.41) is 14.5. The zero-order chi connectivity index (χ0) is 14.2. The maximum Gasteiger partial charge on any atom is 0.317 e. The Kier molecular flexibility index (Phi) is 14.9. The van der Waals surface area contributed by atoms with Crippen LogP contribution in [0.3, 0.4) is 0 Å². The number of carbonyl (C=O) groups is 1. The van der Waals surface area contributed by atoms with Crippen molar-refractivity contribution in [2.45, 2.75) is 45.4 Å². The first-order valence-electron chi connectivity index (χ1n) is 7.48. The molecule has 0 amide bonds. The minimum absolute atomic E-state index is 0.0736. The zero-order valence-corrected chi connectivity index (χ0v) is 12.2. The molecule has 0 bridgehead atoms. The van der Waals surface area contributed by atoms with Crippen LogP contribution in [0, 0.1) is 0 Å². The predicted molar refractivity (Wildman–Crippen MR) is 77.6 cm³/mol. The van der Waals surface area contributed by atoms with Crippen LogP contribution in [0.5, 0.6) is 0 Å². The highest BCUT2D eigenvalue weighted by atomic mass is 16.5. The number of carboxylic acids is 1. The number of carboxylic acid groups (broad SMARTS) is 1. The monoisotopic (exact) mass is 274 g/mol. The van der Waals surface area contributed by atoms with Crippen LogP contribution in [-0.2, 0) is 9.53 Å². The molecule has 0 aromatic carbocycles. The van der Waals surface area contributed by atoms with Crippen LogP contribution in [0.25, 0.3) is 0 Å². The topological polar surface area (TPSA) is 70.6 Å². The molecule has 0 rings (SSSR count). The van der Waals surface area contributed by atoms with Crippen LogP contribution < -0.4 is 10.6 Å². The normalized spacial score (nSPS) is 10.8. The fourth-order valence-corrected chi connectivity index (χ4v) is 1.78. The van der Waals surface area contributed by atoms with Gasteiger partial charge < -0.3 is 20.5 Å². The average molecular weight is 274 g/mol. The quantitative estimate of drug-likeness (QED) is 0.396.